The topological polar surface area (TPSA) is 72.2 Å². The van der Waals surface area contributed by atoms with Crippen LogP contribution in [0.2, 0.25) is 0 Å². The van der Waals surface area contributed by atoms with Gasteiger partial charge >= 0.3 is 0 Å². The number of furan rings is 1. The third-order valence-corrected chi connectivity index (χ3v) is 4.58. The summed E-state index contributed by atoms with van der Waals surface area (Å²) in [5.74, 6) is 1.41. The molecule has 4 rings (SSSR count). The maximum atomic E-state index is 12.8. The molecule has 0 saturated carbocycles. The van der Waals surface area contributed by atoms with Crippen LogP contribution in [0.15, 0.2) is 41.0 Å². The van der Waals surface area contributed by atoms with E-state index in [2.05, 4.69) is 0 Å². The zero-order valence-corrected chi connectivity index (χ0v) is 14.3. The van der Waals surface area contributed by atoms with Gasteiger partial charge in [0.2, 0.25) is 0 Å². The normalized spacial score (nSPS) is 16.9. The van der Waals surface area contributed by atoms with Gasteiger partial charge < -0.3 is 23.7 Å². The molecule has 0 radical (unpaired) electrons. The summed E-state index contributed by atoms with van der Waals surface area (Å²) in [6.45, 7) is 3.13. The minimum Gasteiger partial charge on any atom is -0.490 e. The number of nitrogens with zero attached hydrogens (tertiary/aromatic N) is 2. The van der Waals surface area contributed by atoms with Gasteiger partial charge in [-0.2, -0.15) is 0 Å². The summed E-state index contributed by atoms with van der Waals surface area (Å²) in [4.78, 5) is 28.5. The van der Waals surface area contributed by atoms with Crippen molar-refractivity contribution in [3.05, 3.63) is 47.9 Å². The summed E-state index contributed by atoms with van der Waals surface area (Å²) in [6.07, 6.45) is 2.31. The lowest BCUT2D eigenvalue weighted by atomic mass is 10.1. The van der Waals surface area contributed by atoms with E-state index >= 15 is 0 Å². The van der Waals surface area contributed by atoms with Crippen molar-refractivity contribution < 1.29 is 23.5 Å². The minimum atomic E-state index is -0.141. The van der Waals surface area contributed by atoms with E-state index in [0.717, 1.165) is 6.42 Å². The zero-order valence-electron chi connectivity index (χ0n) is 14.3. The van der Waals surface area contributed by atoms with Gasteiger partial charge in [0, 0.05) is 38.2 Å². The average Bonchev–Trinajstić information content (AvgIpc) is 3.12. The lowest BCUT2D eigenvalue weighted by Gasteiger charge is -2.34. The molecule has 1 aromatic carbocycles. The van der Waals surface area contributed by atoms with Crippen LogP contribution in [0.5, 0.6) is 11.5 Å². The Hall–Kier alpha value is -2.96. The van der Waals surface area contributed by atoms with Crippen molar-refractivity contribution in [2.75, 3.05) is 39.4 Å². The standard InChI is InChI=1S/C19H20N2O5/c22-18(14-4-5-15-17(13-14)26-12-2-11-24-15)20-6-8-21(9-7-20)19(23)16-3-1-10-25-16/h1,3-5,10,13H,2,6-9,11-12H2. The smallest absolute Gasteiger partial charge is 0.289 e. The molecule has 1 fully saturated rings. The minimum absolute atomic E-state index is 0.0641. The number of benzene rings is 1. The molecule has 0 atom stereocenters. The van der Waals surface area contributed by atoms with Gasteiger partial charge in [-0.3, -0.25) is 9.59 Å². The third-order valence-electron chi connectivity index (χ3n) is 4.58. The summed E-state index contributed by atoms with van der Waals surface area (Å²) >= 11 is 0. The first kappa shape index (κ1) is 16.5. The van der Waals surface area contributed by atoms with Gasteiger partial charge in [-0.25, -0.2) is 0 Å². The molecule has 0 N–H and O–H groups in total. The van der Waals surface area contributed by atoms with Crippen molar-refractivity contribution in [2.45, 2.75) is 6.42 Å². The molecule has 2 aliphatic rings. The number of amides is 2. The highest BCUT2D eigenvalue weighted by Crippen LogP contribution is 2.31. The number of carbonyl (C=O) groups is 2. The SMILES string of the molecule is O=C(c1ccc2c(c1)OCCCO2)N1CCN(C(=O)c2ccco2)CC1. The molecule has 2 amide bonds. The van der Waals surface area contributed by atoms with Crippen LogP contribution in [0.4, 0.5) is 0 Å². The number of piperazine rings is 1. The Balaban J connectivity index is 1.41. The van der Waals surface area contributed by atoms with Gasteiger partial charge in [-0.05, 0) is 30.3 Å². The van der Waals surface area contributed by atoms with Crippen molar-refractivity contribution in [1.29, 1.82) is 0 Å². The molecule has 3 heterocycles. The summed E-state index contributed by atoms with van der Waals surface area (Å²) in [6, 6.07) is 8.62. The Labute approximate surface area is 151 Å². The maximum absolute atomic E-state index is 12.8. The summed E-state index contributed by atoms with van der Waals surface area (Å²) < 4.78 is 16.4. The molecular formula is C19H20N2O5. The van der Waals surface area contributed by atoms with Gasteiger partial charge in [-0.15, -0.1) is 0 Å². The van der Waals surface area contributed by atoms with E-state index in [0.29, 0.717) is 62.2 Å². The Morgan fingerprint density at radius 1 is 0.846 bits per heavy atom. The van der Waals surface area contributed by atoms with Crippen LogP contribution < -0.4 is 9.47 Å². The number of rotatable bonds is 2. The number of fused-ring (bicyclic) bond motifs is 1. The van der Waals surface area contributed by atoms with Crippen LogP contribution in [0, 0.1) is 0 Å². The molecular weight excluding hydrogens is 336 g/mol. The van der Waals surface area contributed by atoms with Crippen molar-refractivity contribution in [1.82, 2.24) is 9.80 Å². The molecule has 0 bridgehead atoms. The number of hydrogen-bond donors (Lipinski definition) is 0. The fourth-order valence-electron chi connectivity index (χ4n) is 3.15. The van der Waals surface area contributed by atoms with E-state index in [4.69, 9.17) is 13.9 Å². The molecule has 2 aliphatic heterocycles. The summed E-state index contributed by atoms with van der Waals surface area (Å²) in [7, 11) is 0. The first-order valence-electron chi connectivity index (χ1n) is 8.74. The molecule has 7 heteroatoms. The lowest BCUT2D eigenvalue weighted by Crippen LogP contribution is -2.50. The maximum Gasteiger partial charge on any atom is 0.289 e. The van der Waals surface area contributed by atoms with E-state index in [1.165, 1.54) is 6.26 Å². The highest BCUT2D eigenvalue weighted by Gasteiger charge is 2.27. The van der Waals surface area contributed by atoms with Gasteiger partial charge in [0.1, 0.15) is 0 Å². The van der Waals surface area contributed by atoms with Gasteiger partial charge in [0.25, 0.3) is 11.8 Å². The van der Waals surface area contributed by atoms with Crippen molar-refractivity contribution >= 4 is 11.8 Å². The lowest BCUT2D eigenvalue weighted by molar-refractivity contribution is 0.0518. The first-order chi connectivity index (χ1) is 12.7. The molecule has 1 aromatic heterocycles. The number of ether oxygens (including phenoxy) is 2. The van der Waals surface area contributed by atoms with Crippen LogP contribution in [0.1, 0.15) is 27.3 Å². The average molecular weight is 356 g/mol. The molecule has 26 heavy (non-hydrogen) atoms. The van der Waals surface area contributed by atoms with Gasteiger partial charge in [0.15, 0.2) is 17.3 Å². The molecule has 0 aliphatic carbocycles. The van der Waals surface area contributed by atoms with Crippen LogP contribution >= 0.6 is 0 Å². The van der Waals surface area contributed by atoms with Crippen molar-refractivity contribution in [3.8, 4) is 11.5 Å². The second-order valence-corrected chi connectivity index (χ2v) is 6.27. The van der Waals surface area contributed by atoms with E-state index in [1.54, 1.807) is 40.1 Å². The largest absolute Gasteiger partial charge is 0.490 e. The Morgan fingerprint density at radius 3 is 2.23 bits per heavy atom. The highest BCUT2D eigenvalue weighted by atomic mass is 16.5. The summed E-state index contributed by atoms with van der Waals surface area (Å²) in [5.41, 5.74) is 0.570. The number of carbonyl (C=O) groups excluding carboxylic acids is 2. The van der Waals surface area contributed by atoms with Crippen LogP contribution in [-0.2, 0) is 0 Å². The predicted molar refractivity (Wildman–Crippen MR) is 92.6 cm³/mol. The van der Waals surface area contributed by atoms with E-state index < -0.39 is 0 Å². The molecule has 0 unspecified atom stereocenters. The second-order valence-electron chi connectivity index (χ2n) is 6.27. The van der Waals surface area contributed by atoms with Crippen LogP contribution in [-0.4, -0.2) is 61.0 Å². The molecule has 1 saturated heterocycles. The van der Waals surface area contributed by atoms with Crippen LogP contribution in [0.3, 0.4) is 0 Å². The van der Waals surface area contributed by atoms with Crippen molar-refractivity contribution in [3.63, 3.8) is 0 Å². The quantitative estimate of drug-likeness (QED) is 0.823. The van der Waals surface area contributed by atoms with E-state index in [-0.39, 0.29) is 11.8 Å². The number of hydrogen-bond acceptors (Lipinski definition) is 5. The van der Waals surface area contributed by atoms with Gasteiger partial charge in [0.05, 0.1) is 19.5 Å². The van der Waals surface area contributed by atoms with Gasteiger partial charge in [-0.1, -0.05) is 0 Å². The van der Waals surface area contributed by atoms with Crippen LogP contribution in [0.25, 0.3) is 0 Å². The zero-order chi connectivity index (χ0) is 17.9. The first-order valence-corrected chi connectivity index (χ1v) is 8.74. The fraction of sp³-hybridized carbons (Fsp3) is 0.368. The highest BCUT2D eigenvalue weighted by molar-refractivity contribution is 5.95. The fourth-order valence-corrected chi connectivity index (χ4v) is 3.15. The Kier molecular flexibility index (Phi) is 4.51. The monoisotopic (exact) mass is 356 g/mol. The molecule has 2 aromatic rings. The summed E-state index contributed by atoms with van der Waals surface area (Å²) in [5, 5.41) is 0. The Morgan fingerprint density at radius 2 is 1.54 bits per heavy atom. The van der Waals surface area contributed by atoms with E-state index in [9.17, 15) is 9.59 Å². The second kappa shape index (κ2) is 7.11. The predicted octanol–water partition coefficient (Wildman–Crippen LogP) is 2.04. The molecule has 7 nitrogen and oxygen atoms in total. The third kappa shape index (κ3) is 3.24. The van der Waals surface area contributed by atoms with Crippen molar-refractivity contribution in [2.24, 2.45) is 0 Å². The van der Waals surface area contributed by atoms with E-state index in [1.807, 2.05) is 0 Å². The molecule has 0 spiro atoms. The molecule has 136 valence electrons. The Bertz CT molecular complexity index is 794.